The Morgan fingerprint density at radius 1 is 1.50 bits per heavy atom. The maximum absolute atomic E-state index is 11.4. The molecule has 2 rings (SSSR count). The molecule has 0 amide bonds. The lowest BCUT2D eigenvalue weighted by Crippen LogP contribution is -2.14. The molecule has 0 aliphatic rings. The first-order valence-corrected chi connectivity index (χ1v) is 7.16. The summed E-state index contributed by atoms with van der Waals surface area (Å²) in [7, 11) is 0. The first kappa shape index (κ1) is 13.3. The molecule has 0 saturated heterocycles. The van der Waals surface area contributed by atoms with Crippen LogP contribution < -0.4 is 10.9 Å². The van der Waals surface area contributed by atoms with E-state index >= 15 is 0 Å². The second-order valence-corrected chi connectivity index (χ2v) is 6.38. The molecule has 96 valence electrons. The van der Waals surface area contributed by atoms with E-state index in [0.29, 0.717) is 10.3 Å². The molecule has 0 spiro atoms. The van der Waals surface area contributed by atoms with Crippen molar-refractivity contribution in [2.75, 3.05) is 5.32 Å². The van der Waals surface area contributed by atoms with Crippen molar-refractivity contribution in [1.29, 1.82) is 0 Å². The average molecular weight is 328 g/mol. The van der Waals surface area contributed by atoms with Gasteiger partial charge in [0.1, 0.15) is 10.3 Å². The van der Waals surface area contributed by atoms with Crippen molar-refractivity contribution in [1.82, 2.24) is 9.97 Å². The van der Waals surface area contributed by atoms with Gasteiger partial charge in [-0.05, 0) is 48.3 Å². The van der Waals surface area contributed by atoms with E-state index in [0.717, 1.165) is 0 Å². The van der Waals surface area contributed by atoms with Crippen molar-refractivity contribution < 1.29 is 0 Å². The van der Waals surface area contributed by atoms with Gasteiger partial charge in [-0.25, -0.2) is 4.98 Å². The van der Waals surface area contributed by atoms with Crippen LogP contribution in [0.5, 0.6) is 0 Å². The van der Waals surface area contributed by atoms with E-state index in [1.165, 1.54) is 21.6 Å². The Morgan fingerprint density at radius 3 is 2.83 bits per heavy atom. The van der Waals surface area contributed by atoms with E-state index in [-0.39, 0.29) is 11.6 Å². The van der Waals surface area contributed by atoms with Crippen molar-refractivity contribution in [3.8, 4) is 0 Å². The van der Waals surface area contributed by atoms with E-state index in [1.807, 2.05) is 0 Å². The summed E-state index contributed by atoms with van der Waals surface area (Å²) in [6.45, 7) is 6.25. The highest BCUT2D eigenvalue weighted by atomic mass is 79.9. The Balaban J connectivity index is 2.26. The zero-order chi connectivity index (χ0) is 13.3. The summed E-state index contributed by atoms with van der Waals surface area (Å²) in [4.78, 5) is 20.7. The molecule has 0 fully saturated rings. The average Bonchev–Trinajstić information content (AvgIpc) is 2.64. The lowest BCUT2D eigenvalue weighted by Gasteiger charge is -2.15. The smallest absolute Gasteiger partial charge is 0.267 e. The van der Waals surface area contributed by atoms with Crippen LogP contribution in [0.3, 0.4) is 0 Å². The van der Waals surface area contributed by atoms with Crippen LogP contribution in [0, 0.1) is 13.8 Å². The molecule has 2 N–H and O–H groups in total. The van der Waals surface area contributed by atoms with Crippen LogP contribution >= 0.6 is 27.3 Å². The zero-order valence-electron chi connectivity index (χ0n) is 10.4. The quantitative estimate of drug-likeness (QED) is 0.908. The van der Waals surface area contributed by atoms with Crippen LogP contribution in [0.4, 0.5) is 5.82 Å². The van der Waals surface area contributed by atoms with Crippen LogP contribution in [0.25, 0.3) is 0 Å². The van der Waals surface area contributed by atoms with Crippen LogP contribution in [0.2, 0.25) is 0 Å². The lowest BCUT2D eigenvalue weighted by atomic mass is 10.1. The normalized spacial score (nSPS) is 12.4. The van der Waals surface area contributed by atoms with Crippen molar-refractivity contribution >= 4 is 33.1 Å². The predicted molar refractivity (Wildman–Crippen MR) is 78.4 cm³/mol. The van der Waals surface area contributed by atoms with Gasteiger partial charge in [0.2, 0.25) is 0 Å². The maximum Gasteiger partial charge on any atom is 0.267 e. The fourth-order valence-electron chi connectivity index (χ4n) is 1.85. The van der Waals surface area contributed by atoms with Gasteiger partial charge in [-0.2, -0.15) is 0 Å². The van der Waals surface area contributed by atoms with Crippen LogP contribution in [0.1, 0.15) is 28.3 Å². The molecule has 4 nitrogen and oxygen atoms in total. The van der Waals surface area contributed by atoms with Crippen molar-refractivity contribution in [3.05, 3.63) is 42.5 Å². The van der Waals surface area contributed by atoms with Gasteiger partial charge in [0.15, 0.2) is 0 Å². The number of anilines is 1. The van der Waals surface area contributed by atoms with Gasteiger partial charge in [0, 0.05) is 9.75 Å². The Kier molecular flexibility index (Phi) is 3.87. The molecule has 1 atom stereocenters. The fraction of sp³-hybridized carbons (Fsp3) is 0.333. The monoisotopic (exact) mass is 327 g/mol. The highest BCUT2D eigenvalue weighted by Gasteiger charge is 2.14. The molecule has 6 heteroatoms. The number of rotatable bonds is 3. The van der Waals surface area contributed by atoms with Crippen LogP contribution in [-0.4, -0.2) is 9.97 Å². The largest absolute Gasteiger partial charge is 0.362 e. The Bertz CT molecular complexity index is 620. The van der Waals surface area contributed by atoms with E-state index in [9.17, 15) is 4.79 Å². The molecule has 0 bridgehead atoms. The Hall–Kier alpha value is -1.14. The first-order chi connectivity index (χ1) is 8.49. The first-order valence-electron chi connectivity index (χ1n) is 5.55. The second-order valence-electron chi connectivity index (χ2n) is 4.13. The number of nitrogens with zero attached hydrogens (tertiary/aromatic N) is 1. The van der Waals surface area contributed by atoms with E-state index in [4.69, 9.17) is 0 Å². The van der Waals surface area contributed by atoms with Gasteiger partial charge in [-0.3, -0.25) is 4.79 Å². The Labute approximate surface area is 118 Å². The molecule has 2 heterocycles. The molecule has 18 heavy (non-hydrogen) atoms. The molecule has 0 radical (unpaired) electrons. The molecule has 0 saturated carbocycles. The zero-order valence-corrected chi connectivity index (χ0v) is 12.8. The van der Waals surface area contributed by atoms with Crippen molar-refractivity contribution in [2.24, 2.45) is 0 Å². The molecule has 0 aliphatic carbocycles. The molecule has 0 aromatic carbocycles. The van der Waals surface area contributed by atoms with Gasteiger partial charge < -0.3 is 10.3 Å². The number of aromatic nitrogens is 2. The standard InChI is InChI=1S/C12H14BrN3OS/c1-6-4-9(8(3)18-6)7(2)16-11-10(13)12(17)15-5-14-11/h4-5,7H,1-3H3,(H2,14,15,16,17). The SMILES string of the molecule is Cc1cc(C(C)Nc2nc[nH]c(=O)c2Br)c(C)s1. The molecular formula is C12H14BrN3OS. The summed E-state index contributed by atoms with van der Waals surface area (Å²) >= 11 is 5.01. The summed E-state index contributed by atoms with van der Waals surface area (Å²) in [5, 5.41) is 3.25. The van der Waals surface area contributed by atoms with Gasteiger partial charge in [0.05, 0.1) is 12.4 Å². The van der Waals surface area contributed by atoms with E-state index in [2.05, 4.69) is 58.1 Å². The van der Waals surface area contributed by atoms with Crippen LogP contribution in [-0.2, 0) is 0 Å². The van der Waals surface area contributed by atoms with Crippen LogP contribution in [0.15, 0.2) is 21.7 Å². The molecular weight excluding hydrogens is 314 g/mol. The minimum absolute atomic E-state index is 0.112. The van der Waals surface area contributed by atoms with E-state index in [1.54, 1.807) is 11.3 Å². The highest BCUT2D eigenvalue weighted by Crippen LogP contribution is 2.29. The number of H-pyrrole nitrogens is 1. The summed E-state index contributed by atoms with van der Waals surface area (Å²) in [6, 6.07) is 2.28. The Morgan fingerprint density at radius 2 is 2.22 bits per heavy atom. The van der Waals surface area contributed by atoms with Gasteiger partial charge in [-0.15, -0.1) is 11.3 Å². The molecule has 2 aromatic rings. The third-order valence-corrected chi connectivity index (χ3v) is 4.41. The topological polar surface area (TPSA) is 57.8 Å². The number of aryl methyl sites for hydroxylation is 2. The fourth-order valence-corrected chi connectivity index (χ4v) is 3.20. The van der Waals surface area contributed by atoms with Gasteiger partial charge >= 0.3 is 0 Å². The minimum atomic E-state index is -0.182. The summed E-state index contributed by atoms with van der Waals surface area (Å²) < 4.78 is 0.432. The molecule has 1 unspecified atom stereocenters. The summed E-state index contributed by atoms with van der Waals surface area (Å²) in [5.74, 6) is 0.564. The summed E-state index contributed by atoms with van der Waals surface area (Å²) in [6.07, 6.45) is 1.40. The van der Waals surface area contributed by atoms with Crippen molar-refractivity contribution in [3.63, 3.8) is 0 Å². The van der Waals surface area contributed by atoms with Crippen molar-refractivity contribution in [2.45, 2.75) is 26.8 Å². The number of hydrogen-bond acceptors (Lipinski definition) is 4. The minimum Gasteiger partial charge on any atom is -0.362 e. The highest BCUT2D eigenvalue weighted by molar-refractivity contribution is 9.10. The third kappa shape index (κ3) is 2.64. The lowest BCUT2D eigenvalue weighted by molar-refractivity contribution is 0.865. The number of halogens is 1. The van der Waals surface area contributed by atoms with Gasteiger partial charge in [0.25, 0.3) is 5.56 Å². The number of thiophene rings is 1. The summed E-state index contributed by atoms with van der Waals surface area (Å²) in [5.41, 5.74) is 1.06. The number of hydrogen-bond donors (Lipinski definition) is 2. The molecule has 0 aliphatic heterocycles. The predicted octanol–water partition coefficient (Wildman–Crippen LogP) is 3.38. The second kappa shape index (κ2) is 5.24. The van der Waals surface area contributed by atoms with Gasteiger partial charge in [-0.1, -0.05) is 0 Å². The molecule has 2 aromatic heterocycles. The maximum atomic E-state index is 11.4. The third-order valence-electron chi connectivity index (χ3n) is 2.70. The van der Waals surface area contributed by atoms with E-state index < -0.39 is 0 Å². The number of nitrogens with one attached hydrogen (secondary N) is 2. The number of aromatic amines is 1.